The fourth-order valence-electron chi connectivity index (χ4n) is 2.69. The summed E-state index contributed by atoms with van der Waals surface area (Å²) in [6, 6.07) is 12.9. The van der Waals surface area contributed by atoms with Crippen LogP contribution in [0.1, 0.15) is 17.9 Å². The Morgan fingerprint density at radius 3 is 2.43 bits per heavy atom. The van der Waals surface area contributed by atoms with Crippen LogP contribution in [-0.4, -0.2) is 26.6 Å². The molecule has 110 valence electrons. The summed E-state index contributed by atoms with van der Waals surface area (Å²) >= 11 is 0. The van der Waals surface area contributed by atoms with Gasteiger partial charge < -0.3 is 10.4 Å². The Labute approximate surface area is 124 Å². The normalized spacial score (nSPS) is 18.8. The minimum absolute atomic E-state index is 0.0562. The molecule has 2 aromatic carbocycles. The van der Waals surface area contributed by atoms with Crippen LogP contribution < -0.4 is 5.32 Å². The summed E-state index contributed by atoms with van der Waals surface area (Å²) in [4.78, 5) is 0.362. The zero-order valence-electron chi connectivity index (χ0n) is 11.5. The number of phenolic OH excluding ortho intramolecular Hbond substituents is 1. The molecule has 0 bridgehead atoms. The summed E-state index contributed by atoms with van der Waals surface area (Å²) < 4.78 is 25.0. The average Bonchev–Trinajstić information content (AvgIpc) is 3.02. The molecule has 1 fully saturated rings. The third-order valence-corrected chi connectivity index (χ3v) is 5.63. The first-order valence-corrected chi connectivity index (χ1v) is 8.41. The van der Waals surface area contributed by atoms with Gasteiger partial charge in [-0.15, -0.1) is 0 Å². The number of phenols is 1. The van der Waals surface area contributed by atoms with Gasteiger partial charge in [0.25, 0.3) is 0 Å². The molecule has 1 atom stereocenters. The quantitative estimate of drug-likeness (QED) is 0.913. The largest absolute Gasteiger partial charge is 0.508 e. The van der Waals surface area contributed by atoms with Crippen molar-refractivity contribution in [1.82, 2.24) is 5.32 Å². The zero-order valence-corrected chi connectivity index (χ0v) is 12.3. The van der Waals surface area contributed by atoms with Gasteiger partial charge in [-0.1, -0.05) is 24.3 Å². The van der Waals surface area contributed by atoms with Crippen LogP contribution in [0.2, 0.25) is 0 Å². The van der Waals surface area contributed by atoms with Crippen molar-refractivity contribution >= 4 is 9.84 Å². The molecule has 1 heterocycles. The highest BCUT2D eigenvalue weighted by Gasteiger charge is 2.23. The Morgan fingerprint density at radius 2 is 1.81 bits per heavy atom. The van der Waals surface area contributed by atoms with E-state index in [1.165, 1.54) is 6.07 Å². The van der Waals surface area contributed by atoms with Gasteiger partial charge in [-0.25, -0.2) is 8.42 Å². The fourth-order valence-corrected chi connectivity index (χ4v) is 3.99. The van der Waals surface area contributed by atoms with Crippen molar-refractivity contribution in [2.45, 2.75) is 22.1 Å². The Balaban J connectivity index is 1.98. The molecule has 1 aliphatic rings. The van der Waals surface area contributed by atoms with Crippen LogP contribution in [-0.2, 0) is 9.84 Å². The predicted octanol–water partition coefficient (Wildman–Crippen LogP) is 2.30. The molecule has 21 heavy (non-hydrogen) atoms. The molecule has 0 aliphatic carbocycles. The van der Waals surface area contributed by atoms with E-state index in [4.69, 9.17) is 0 Å². The molecule has 3 rings (SSSR count). The maximum absolute atomic E-state index is 12.5. The maximum atomic E-state index is 12.5. The lowest BCUT2D eigenvalue weighted by Crippen LogP contribution is -2.08. The topological polar surface area (TPSA) is 66.4 Å². The van der Waals surface area contributed by atoms with Crippen molar-refractivity contribution in [2.75, 3.05) is 13.1 Å². The van der Waals surface area contributed by atoms with Crippen LogP contribution in [0.3, 0.4) is 0 Å². The summed E-state index contributed by atoms with van der Waals surface area (Å²) in [5, 5.41) is 13.4. The van der Waals surface area contributed by atoms with E-state index in [1.807, 2.05) is 0 Å². The Morgan fingerprint density at radius 1 is 1.05 bits per heavy atom. The summed E-state index contributed by atoms with van der Waals surface area (Å²) in [7, 11) is -3.58. The van der Waals surface area contributed by atoms with Crippen LogP contribution in [0.25, 0.3) is 0 Å². The van der Waals surface area contributed by atoms with E-state index in [1.54, 1.807) is 42.5 Å². The highest BCUT2D eigenvalue weighted by molar-refractivity contribution is 7.91. The van der Waals surface area contributed by atoms with Crippen LogP contribution in [0.15, 0.2) is 58.3 Å². The van der Waals surface area contributed by atoms with Crippen molar-refractivity contribution in [3.8, 4) is 5.75 Å². The van der Waals surface area contributed by atoms with E-state index >= 15 is 0 Å². The molecule has 0 amide bonds. The predicted molar refractivity (Wildman–Crippen MR) is 80.2 cm³/mol. The monoisotopic (exact) mass is 303 g/mol. The summed E-state index contributed by atoms with van der Waals surface area (Å²) in [5.41, 5.74) is 0.812. The van der Waals surface area contributed by atoms with Gasteiger partial charge in [0.05, 0.1) is 9.79 Å². The molecule has 0 unspecified atom stereocenters. The lowest BCUT2D eigenvalue weighted by atomic mass is 9.98. The Bertz CT molecular complexity index is 735. The molecule has 1 aliphatic heterocycles. The van der Waals surface area contributed by atoms with E-state index in [9.17, 15) is 13.5 Å². The number of sulfone groups is 1. The van der Waals surface area contributed by atoms with E-state index < -0.39 is 9.84 Å². The van der Waals surface area contributed by atoms with Gasteiger partial charge in [-0.2, -0.15) is 0 Å². The van der Waals surface area contributed by atoms with Crippen molar-refractivity contribution < 1.29 is 13.5 Å². The molecule has 2 aromatic rings. The molecule has 0 aromatic heterocycles. The van der Waals surface area contributed by atoms with E-state index in [-0.39, 0.29) is 21.5 Å². The molecule has 4 nitrogen and oxygen atoms in total. The van der Waals surface area contributed by atoms with Crippen molar-refractivity contribution in [1.29, 1.82) is 0 Å². The molecule has 0 radical (unpaired) electrons. The number of aromatic hydroxyl groups is 1. The van der Waals surface area contributed by atoms with Gasteiger partial charge in [0.15, 0.2) is 0 Å². The van der Waals surface area contributed by atoms with Crippen LogP contribution >= 0.6 is 0 Å². The molecule has 0 saturated carbocycles. The SMILES string of the molecule is O=S(=O)(c1ccccc1)c1ccc([C@@H]2CCNC2)c(O)c1. The van der Waals surface area contributed by atoms with Gasteiger partial charge in [-0.05, 0) is 42.8 Å². The zero-order chi connectivity index (χ0) is 14.9. The van der Waals surface area contributed by atoms with Gasteiger partial charge in [0.1, 0.15) is 5.75 Å². The molecule has 1 saturated heterocycles. The van der Waals surface area contributed by atoms with E-state index in [2.05, 4.69) is 5.32 Å². The molecular weight excluding hydrogens is 286 g/mol. The second kappa shape index (κ2) is 5.50. The molecular formula is C16H17NO3S. The average molecular weight is 303 g/mol. The summed E-state index contributed by atoms with van der Waals surface area (Å²) in [5.74, 6) is 0.305. The lowest BCUT2D eigenvalue weighted by molar-refractivity contribution is 0.460. The van der Waals surface area contributed by atoms with Crippen molar-refractivity contribution in [3.63, 3.8) is 0 Å². The molecule has 2 N–H and O–H groups in total. The van der Waals surface area contributed by atoms with Crippen LogP contribution in [0, 0.1) is 0 Å². The number of nitrogens with one attached hydrogen (secondary N) is 1. The van der Waals surface area contributed by atoms with Crippen LogP contribution in [0.4, 0.5) is 0 Å². The number of hydrogen-bond donors (Lipinski definition) is 2. The number of benzene rings is 2. The second-order valence-corrected chi connectivity index (χ2v) is 7.18. The minimum Gasteiger partial charge on any atom is -0.508 e. The first-order chi connectivity index (χ1) is 10.1. The summed E-state index contributed by atoms with van der Waals surface area (Å²) in [6.45, 7) is 1.74. The number of hydrogen-bond acceptors (Lipinski definition) is 4. The first kappa shape index (κ1) is 14.1. The van der Waals surface area contributed by atoms with Gasteiger partial charge in [0, 0.05) is 12.5 Å². The fraction of sp³-hybridized carbons (Fsp3) is 0.250. The maximum Gasteiger partial charge on any atom is 0.206 e. The first-order valence-electron chi connectivity index (χ1n) is 6.93. The van der Waals surface area contributed by atoms with Gasteiger partial charge >= 0.3 is 0 Å². The Kier molecular flexibility index (Phi) is 3.69. The highest BCUT2D eigenvalue weighted by atomic mass is 32.2. The molecule has 5 heteroatoms. The highest BCUT2D eigenvalue weighted by Crippen LogP contribution is 2.33. The summed E-state index contributed by atoms with van der Waals surface area (Å²) in [6.07, 6.45) is 0.957. The second-order valence-electron chi connectivity index (χ2n) is 5.23. The number of rotatable bonds is 3. The third kappa shape index (κ3) is 2.66. The van der Waals surface area contributed by atoms with Crippen molar-refractivity contribution in [3.05, 3.63) is 54.1 Å². The van der Waals surface area contributed by atoms with Gasteiger partial charge in [0.2, 0.25) is 9.84 Å². The minimum atomic E-state index is -3.58. The van der Waals surface area contributed by atoms with E-state index in [0.717, 1.165) is 25.1 Å². The third-order valence-electron chi connectivity index (χ3n) is 3.87. The smallest absolute Gasteiger partial charge is 0.206 e. The van der Waals surface area contributed by atoms with E-state index in [0.29, 0.717) is 0 Å². The Hall–Kier alpha value is -1.85. The van der Waals surface area contributed by atoms with Crippen LogP contribution in [0.5, 0.6) is 5.75 Å². The molecule has 0 spiro atoms. The standard InChI is InChI=1S/C16H17NO3S/c18-16-10-14(6-7-15(16)12-8-9-17-11-12)21(19,20)13-4-2-1-3-5-13/h1-7,10,12,17-18H,8-9,11H2/t12-/m1/s1. The van der Waals surface area contributed by atoms with Gasteiger partial charge in [-0.3, -0.25) is 0 Å². The lowest BCUT2D eigenvalue weighted by Gasteiger charge is -2.12. The van der Waals surface area contributed by atoms with Crippen molar-refractivity contribution in [2.24, 2.45) is 0 Å².